The van der Waals surface area contributed by atoms with Gasteiger partial charge in [-0.3, -0.25) is 9.80 Å². The Morgan fingerprint density at radius 1 is 1.11 bits per heavy atom. The lowest BCUT2D eigenvalue weighted by Gasteiger charge is -2.43. The van der Waals surface area contributed by atoms with Gasteiger partial charge in [-0.1, -0.05) is 19.8 Å². The van der Waals surface area contributed by atoms with Crippen molar-refractivity contribution in [2.24, 2.45) is 11.7 Å². The Balaban J connectivity index is 1.68. The molecular formula is C16H31N3. The quantitative estimate of drug-likeness (QED) is 0.844. The van der Waals surface area contributed by atoms with Crippen LogP contribution in [-0.2, 0) is 0 Å². The number of nitrogens with two attached hydrogens (primary N) is 1. The average molecular weight is 265 g/mol. The maximum absolute atomic E-state index is 6.26. The van der Waals surface area contributed by atoms with Crippen LogP contribution in [0.3, 0.4) is 0 Å². The molecule has 0 bridgehead atoms. The van der Waals surface area contributed by atoms with Gasteiger partial charge in [0, 0.05) is 31.2 Å². The molecule has 3 heteroatoms. The molecule has 0 spiro atoms. The van der Waals surface area contributed by atoms with Gasteiger partial charge >= 0.3 is 0 Å². The Kier molecular flexibility index (Phi) is 4.16. The fourth-order valence-corrected chi connectivity index (χ4v) is 5.08. The summed E-state index contributed by atoms with van der Waals surface area (Å²) >= 11 is 0. The molecule has 2 heterocycles. The van der Waals surface area contributed by atoms with Gasteiger partial charge in [-0.2, -0.15) is 0 Å². The third kappa shape index (κ3) is 2.34. The Bertz CT molecular complexity index is 300. The highest BCUT2D eigenvalue weighted by Gasteiger charge is 2.48. The standard InChI is InChI=1S/C16H31N3/c1-2-14-6-5-8-16(14,13-17)19-11-7-15(12-19)18-9-3-4-10-18/h14-15H,2-13,17H2,1H3. The molecule has 3 fully saturated rings. The SMILES string of the molecule is CCC1CCCC1(CN)N1CCC(N2CCCC2)C1. The monoisotopic (exact) mass is 265 g/mol. The van der Waals surface area contributed by atoms with Gasteiger partial charge in [0.25, 0.3) is 0 Å². The van der Waals surface area contributed by atoms with Crippen LogP contribution in [0, 0.1) is 5.92 Å². The van der Waals surface area contributed by atoms with E-state index in [2.05, 4.69) is 16.7 Å². The van der Waals surface area contributed by atoms with Crippen molar-refractivity contribution < 1.29 is 0 Å². The van der Waals surface area contributed by atoms with E-state index in [1.165, 1.54) is 71.1 Å². The predicted octanol–water partition coefficient (Wildman–Crippen LogP) is 2.06. The molecule has 2 aliphatic heterocycles. The predicted molar refractivity (Wildman–Crippen MR) is 80.2 cm³/mol. The van der Waals surface area contributed by atoms with Crippen LogP contribution in [-0.4, -0.2) is 54.1 Å². The van der Waals surface area contributed by atoms with Gasteiger partial charge < -0.3 is 5.73 Å². The van der Waals surface area contributed by atoms with Crippen LogP contribution in [0.5, 0.6) is 0 Å². The van der Waals surface area contributed by atoms with Crippen molar-refractivity contribution >= 4 is 0 Å². The van der Waals surface area contributed by atoms with E-state index < -0.39 is 0 Å². The van der Waals surface area contributed by atoms with Crippen molar-refractivity contribution in [2.75, 3.05) is 32.7 Å². The van der Waals surface area contributed by atoms with Crippen LogP contribution in [0.1, 0.15) is 51.9 Å². The number of rotatable bonds is 4. The van der Waals surface area contributed by atoms with Crippen LogP contribution in [0.25, 0.3) is 0 Å². The molecule has 3 aliphatic rings. The molecular weight excluding hydrogens is 234 g/mol. The molecule has 2 N–H and O–H groups in total. The van der Waals surface area contributed by atoms with E-state index in [1.807, 2.05) is 0 Å². The topological polar surface area (TPSA) is 32.5 Å². The summed E-state index contributed by atoms with van der Waals surface area (Å²) in [5, 5.41) is 0. The molecule has 1 aliphatic carbocycles. The van der Waals surface area contributed by atoms with E-state index in [4.69, 9.17) is 5.73 Å². The van der Waals surface area contributed by atoms with Crippen LogP contribution >= 0.6 is 0 Å². The van der Waals surface area contributed by atoms with Crippen LogP contribution in [0.2, 0.25) is 0 Å². The number of nitrogens with zero attached hydrogens (tertiary/aromatic N) is 2. The molecule has 3 rings (SSSR count). The Morgan fingerprint density at radius 2 is 1.89 bits per heavy atom. The first-order valence-corrected chi connectivity index (χ1v) is 8.49. The third-order valence-corrected chi connectivity index (χ3v) is 6.22. The summed E-state index contributed by atoms with van der Waals surface area (Å²) in [6.45, 7) is 8.48. The summed E-state index contributed by atoms with van der Waals surface area (Å²) in [7, 11) is 0. The summed E-state index contributed by atoms with van der Waals surface area (Å²) in [6.07, 6.45) is 9.64. The summed E-state index contributed by atoms with van der Waals surface area (Å²) in [5.74, 6) is 0.842. The van der Waals surface area contributed by atoms with Gasteiger partial charge in [0.1, 0.15) is 0 Å². The first-order valence-electron chi connectivity index (χ1n) is 8.49. The molecule has 2 saturated heterocycles. The first kappa shape index (κ1) is 13.8. The van der Waals surface area contributed by atoms with E-state index in [-0.39, 0.29) is 0 Å². The molecule has 3 atom stereocenters. The van der Waals surface area contributed by atoms with E-state index >= 15 is 0 Å². The van der Waals surface area contributed by atoms with Crippen molar-refractivity contribution in [1.29, 1.82) is 0 Å². The van der Waals surface area contributed by atoms with Crippen molar-refractivity contribution in [3.63, 3.8) is 0 Å². The molecule has 3 nitrogen and oxygen atoms in total. The number of likely N-dealkylation sites (tertiary alicyclic amines) is 2. The maximum atomic E-state index is 6.26. The van der Waals surface area contributed by atoms with Crippen molar-refractivity contribution in [2.45, 2.75) is 63.5 Å². The minimum atomic E-state index is 0.350. The van der Waals surface area contributed by atoms with E-state index in [9.17, 15) is 0 Å². The Labute approximate surface area is 118 Å². The zero-order valence-electron chi connectivity index (χ0n) is 12.6. The minimum absolute atomic E-state index is 0.350. The number of hydrogen-bond donors (Lipinski definition) is 1. The lowest BCUT2D eigenvalue weighted by Crippen LogP contribution is -2.56. The molecule has 0 aromatic heterocycles. The van der Waals surface area contributed by atoms with Crippen LogP contribution < -0.4 is 5.73 Å². The molecule has 110 valence electrons. The van der Waals surface area contributed by atoms with Gasteiger partial charge in [0.05, 0.1) is 0 Å². The highest BCUT2D eigenvalue weighted by atomic mass is 15.3. The Hall–Kier alpha value is -0.120. The van der Waals surface area contributed by atoms with Gasteiger partial charge in [0.15, 0.2) is 0 Å². The van der Waals surface area contributed by atoms with Gasteiger partial charge in [-0.25, -0.2) is 0 Å². The summed E-state index contributed by atoms with van der Waals surface area (Å²) < 4.78 is 0. The second-order valence-corrected chi connectivity index (χ2v) is 6.94. The highest BCUT2D eigenvalue weighted by molar-refractivity contribution is 5.04. The van der Waals surface area contributed by atoms with Gasteiger partial charge in [0.2, 0.25) is 0 Å². The molecule has 0 aromatic carbocycles. The maximum Gasteiger partial charge on any atom is 0.0360 e. The molecule has 3 unspecified atom stereocenters. The largest absolute Gasteiger partial charge is 0.329 e. The highest BCUT2D eigenvalue weighted by Crippen LogP contribution is 2.43. The van der Waals surface area contributed by atoms with E-state index in [0.29, 0.717) is 5.54 Å². The van der Waals surface area contributed by atoms with Gasteiger partial charge in [-0.05, 0) is 51.1 Å². The smallest absolute Gasteiger partial charge is 0.0360 e. The summed E-state index contributed by atoms with van der Waals surface area (Å²) in [4.78, 5) is 5.53. The summed E-state index contributed by atoms with van der Waals surface area (Å²) in [5.41, 5.74) is 6.61. The molecule has 0 amide bonds. The van der Waals surface area contributed by atoms with E-state index in [1.54, 1.807) is 0 Å². The van der Waals surface area contributed by atoms with Crippen molar-refractivity contribution in [3.8, 4) is 0 Å². The second-order valence-electron chi connectivity index (χ2n) is 6.94. The fourth-order valence-electron chi connectivity index (χ4n) is 5.08. The van der Waals surface area contributed by atoms with Crippen LogP contribution in [0.15, 0.2) is 0 Å². The molecule has 1 saturated carbocycles. The normalized spacial score (nSPS) is 41.4. The average Bonchev–Trinajstić information content (AvgIpc) is 3.16. The van der Waals surface area contributed by atoms with Crippen LogP contribution in [0.4, 0.5) is 0 Å². The third-order valence-electron chi connectivity index (χ3n) is 6.22. The molecule has 0 aromatic rings. The first-order chi connectivity index (χ1) is 9.30. The zero-order valence-corrected chi connectivity index (χ0v) is 12.6. The second kappa shape index (κ2) is 5.71. The van der Waals surface area contributed by atoms with E-state index in [0.717, 1.165) is 18.5 Å². The molecule has 19 heavy (non-hydrogen) atoms. The lowest BCUT2D eigenvalue weighted by molar-refractivity contribution is 0.0712. The minimum Gasteiger partial charge on any atom is -0.329 e. The summed E-state index contributed by atoms with van der Waals surface area (Å²) in [6, 6.07) is 0.823. The van der Waals surface area contributed by atoms with Crippen molar-refractivity contribution in [1.82, 2.24) is 9.80 Å². The number of hydrogen-bond acceptors (Lipinski definition) is 3. The van der Waals surface area contributed by atoms with Gasteiger partial charge in [-0.15, -0.1) is 0 Å². The fraction of sp³-hybridized carbons (Fsp3) is 1.00. The van der Waals surface area contributed by atoms with Crippen molar-refractivity contribution in [3.05, 3.63) is 0 Å². The zero-order chi connectivity index (χ0) is 13.3. The molecule has 0 radical (unpaired) electrons. The lowest BCUT2D eigenvalue weighted by atomic mass is 9.83. The Morgan fingerprint density at radius 3 is 2.58 bits per heavy atom.